The van der Waals surface area contributed by atoms with Gasteiger partial charge in [-0.3, -0.25) is 0 Å². The number of ether oxygens (including phenoxy) is 2. The first kappa shape index (κ1) is 16.4. The van der Waals surface area contributed by atoms with Gasteiger partial charge in [0.15, 0.2) is 11.5 Å². The minimum atomic E-state index is 0.250. The van der Waals surface area contributed by atoms with Crippen molar-refractivity contribution in [2.24, 2.45) is 0 Å². The van der Waals surface area contributed by atoms with Crippen LogP contribution in [0.25, 0.3) is 5.65 Å². The van der Waals surface area contributed by atoms with Crippen LogP contribution in [0, 0.1) is 13.8 Å². The fraction of sp³-hybridized carbons (Fsp3) is 0.429. The van der Waals surface area contributed by atoms with E-state index in [4.69, 9.17) is 14.6 Å². The molecule has 0 saturated carbocycles. The van der Waals surface area contributed by atoms with E-state index < -0.39 is 0 Å². The highest BCUT2D eigenvalue weighted by Gasteiger charge is 2.24. The number of fused-ring (bicyclic) bond motifs is 2. The van der Waals surface area contributed by atoms with Crippen LogP contribution in [0.15, 0.2) is 30.6 Å². The van der Waals surface area contributed by atoms with Crippen molar-refractivity contribution in [3.8, 4) is 11.5 Å². The van der Waals surface area contributed by atoms with E-state index in [0.717, 1.165) is 61.9 Å². The number of benzene rings is 1. The maximum absolute atomic E-state index is 6.26. The number of nitrogens with zero attached hydrogens (tertiary/aromatic N) is 4. The van der Waals surface area contributed by atoms with Crippen molar-refractivity contribution in [3.63, 3.8) is 0 Å². The standard InChI is InChI=1S/C21H24N4O2/c1-14-15(2)21(23-25-11-8-22-20(14)25)24-9-5-17(6-10-24)27-18-3-4-19-16(13-18)7-12-26-19/h3-4,8,11,13,17H,5-7,9-10,12H2,1-2H3. The molecule has 1 fully saturated rings. The van der Waals surface area contributed by atoms with Crippen LogP contribution in [0.5, 0.6) is 11.5 Å². The van der Waals surface area contributed by atoms with E-state index in [0.29, 0.717) is 0 Å². The van der Waals surface area contributed by atoms with Crippen molar-refractivity contribution in [1.29, 1.82) is 0 Å². The summed E-state index contributed by atoms with van der Waals surface area (Å²) in [6.45, 7) is 6.94. The molecule has 0 spiro atoms. The highest BCUT2D eigenvalue weighted by Crippen LogP contribution is 2.31. The Morgan fingerprint density at radius 1 is 1.15 bits per heavy atom. The van der Waals surface area contributed by atoms with Gasteiger partial charge in [0.2, 0.25) is 0 Å². The summed E-state index contributed by atoms with van der Waals surface area (Å²) in [5, 5.41) is 4.79. The summed E-state index contributed by atoms with van der Waals surface area (Å²) in [7, 11) is 0. The van der Waals surface area contributed by atoms with Gasteiger partial charge >= 0.3 is 0 Å². The Balaban J connectivity index is 1.28. The van der Waals surface area contributed by atoms with E-state index in [1.807, 2.05) is 22.8 Å². The van der Waals surface area contributed by atoms with E-state index in [9.17, 15) is 0 Å². The van der Waals surface area contributed by atoms with Gasteiger partial charge in [-0.2, -0.15) is 0 Å². The second-order valence-corrected chi connectivity index (χ2v) is 7.44. The van der Waals surface area contributed by atoms with Gasteiger partial charge in [0.25, 0.3) is 0 Å². The summed E-state index contributed by atoms with van der Waals surface area (Å²) < 4.78 is 13.7. The summed E-state index contributed by atoms with van der Waals surface area (Å²) in [6.07, 6.45) is 6.94. The van der Waals surface area contributed by atoms with Gasteiger partial charge < -0.3 is 14.4 Å². The Hall–Kier alpha value is -2.76. The monoisotopic (exact) mass is 364 g/mol. The Kier molecular flexibility index (Phi) is 3.92. The number of imidazole rings is 1. The van der Waals surface area contributed by atoms with E-state index in [1.165, 1.54) is 16.7 Å². The number of hydrogen-bond acceptors (Lipinski definition) is 5. The molecule has 3 aromatic rings. The largest absolute Gasteiger partial charge is 0.493 e. The van der Waals surface area contributed by atoms with Gasteiger partial charge in [0.1, 0.15) is 17.6 Å². The molecule has 27 heavy (non-hydrogen) atoms. The topological polar surface area (TPSA) is 51.9 Å². The van der Waals surface area contributed by atoms with Crippen LogP contribution in [0.1, 0.15) is 29.5 Å². The molecule has 2 aliphatic rings. The zero-order valence-corrected chi connectivity index (χ0v) is 15.8. The molecule has 6 nitrogen and oxygen atoms in total. The van der Waals surface area contributed by atoms with Crippen molar-refractivity contribution < 1.29 is 9.47 Å². The van der Waals surface area contributed by atoms with Crippen LogP contribution in [-0.2, 0) is 6.42 Å². The molecular weight excluding hydrogens is 340 g/mol. The SMILES string of the molecule is Cc1c(N2CCC(Oc3ccc4c(c3)CCO4)CC2)nn2ccnc2c1C. The van der Waals surface area contributed by atoms with Crippen LogP contribution in [0.2, 0.25) is 0 Å². The molecule has 2 aromatic heterocycles. The fourth-order valence-corrected chi connectivity index (χ4v) is 4.07. The Morgan fingerprint density at radius 2 is 2.00 bits per heavy atom. The number of aromatic nitrogens is 3. The molecular formula is C21H24N4O2. The van der Waals surface area contributed by atoms with Crippen molar-refractivity contribution in [3.05, 3.63) is 47.3 Å². The van der Waals surface area contributed by atoms with Crippen molar-refractivity contribution in [2.45, 2.75) is 39.2 Å². The molecule has 2 aliphatic heterocycles. The van der Waals surface area contributed by atoms with E-state index in [-0.39, 0.29) is 6.10 Å². The molecule has 0 N–H and O–H groups in total. The first-order valence-corrected chi connectivity index (χ1v) is 9.67. The van der Waals surface area contributed by atoms with Crippen LogP contribution in [0.3, 0.4) is 0 Å². The third-order valence-corrected chi connectivity index (χ3v) is 5.76. The maximum atomic E-state index is 6.26. The first-order chi connectivity index (χ1) is 13.2. The Bertz CT molecular complexity index is 989. The quantitative estimate of drug-likeness (QED) is 0.714. The minimum Gasteiger partial charge on any atom is -0.493 e. The third-order valence-electron chi connectivity index (χ3n) is 5.76. The van der Waals surface area contributed by atoms with Crippen molar-refractivity contribution >= 4 is 11.5 Å². The number of anilines is 1. The lowest BCUT2D eigenvalue weighted by Crippen LogP contribution is -2.39. The normalized spacial score (nSPS) is 17.2. The highest BCUT2D eigenvalue weighted by molar-refractivity contribution is 5.59. The lowest BCUT2D eigenvalue weighted by molar-refractivity contribution is 0.170. The molecule has 1 aromatic carbocycles. The van der Waals surface area contributed by atoms with Gasteiger partial charge in [0.05, 0.1) is 6.61 Å². The van der Waals surface area contributed by atoms with Gasteiger partial charge in [-0.1, -0.05) is 0 Å². The number of piperidine rings is 1. The van der Waals surface area contributed by atoms with Crippen molar-refractivity contribution in [2.75, 3.05) is 24.6 Å². The Labute approximate surface area is 158 Å². The summed E-state index contributed by atoms with van der Waals surface area (Å²) in [4.78, 5) is 6.78. The second-order valence-electron chi connectivity index (χ2n) is 7.44. The molecule has 140 valence electrons. The summed E-state index contributed by atoms with van der Waals surface area (Å²) >= 11 is 0. The molecule has 1 saturated heterocycles. The number of aryl methyl sites for hydroxylation is 1. The fourth-order valence-electron chi connectivity index (χ4n) is 4.07. The Morgan fingerprint density at radius 3 is 2.85 bits per heavy atom. The van der Waals surface area contributed by atoms with Gasteiger partial charge in [-0.05, 0) is 32.0 Å². The predicted octanol–water partition coefficient (Wildman–Crippen LogP) is 3.33. The average Bonchev–Trinajstić information content (AvgIpc) is 3.34. The lowest BCUT2D eigenvalue weighted by Gasteiger charge is -2.34. The van der Waals surface area contributed by atoms with Gasteiger partial charge in [-0.25, -0.2) is 9.50 Å². The van der Waals surface area contributed by atoms with Gasteiger partial charge in [0, 0.05) is 61.4 Å². The van der Waals surface area contributed by atoms with Crippen LogP contribution < -0.4 is 14.4 Å². The summed E-state index contributed by atoms with van der Waals surface area (Å²) in [5.41, 5.74) is 4.61. The second kappa shape index (κ2) is 6.44. The summed E-state index contributed by atoms with van der Waals surface area (Å²) in [6, 6.07) is 6.19. The van der Waals surface area contributed by atoms with Crippen LogP contribution >= 0.6 is 0 Å². The zero-order chi connectivity index (χ0) is 18.4. The first-order valence-electron chi connectivity index (χ1n) is 9.67. The van der Waals surface area contributed by atoms with E-state index >= 15 is 0 Å². The van der Waals surface area contributed by atoms with E-state index in [2.05, 4.69) is 29.8 Å². The number of rotatable bonds is 3. The lowest BCUT2D eigenvalue weighted by atomic mass is 10.1. The summed E-state index contributed by atoms with van der Waals surface area (Å²) in [5.74, 6) is 3.03. The van der Waals surface area contributed by atoms with Crippen molar-refractivity contribution in [1.82, 2.24) is 14.6 Å². The smallest absolute Gasteiger partial charge is 0.156 e. The molecule has 0 aliphatic carbocycles. The average molecular weight is 364 g/mol. The zero-order valence-electron chi connectivity index (χ0n) is 15.8. The van der Waals surface area contributed by atoms with Crippen LogP contribution in [-0.4, -0.2) is 40.4 Å². The highest BCUT2D eigenvalue weighted by atomic mass is 16.5. The molecule has 6 heteroatoms. The molecule has 0 atom stereocenters. The molecule has 4 heterocycles. The third kappa shape index (κ3) is 2.89. The van der Waals surface area contributed by atoms with E-state index in [1.54, 1.807) is 6.20 Å². The molecule has 0 bridgehead atoms. The predicted molar refractivity (Wildman–Crippen MR) is 104 cm³/mol. The molecule has 0 radical (unpaired) electrons. The van der Waals surface area contributed by atoms with Crippen LogP contribution in [0.4, 0.5) is 5.82 Å². The molecule has 0 amide bonds. The molecule has 5 rings (SSSR count). The molecule has 0 unspecified atom stereocenters. The maximum Gasteiger partial charge on any atom is 0.156 e. The van der Waals surface area contributed by atoms with Gasteiger partial charge in [-0.15, -0.1) is 5.10 Å². The number of hydrogen-bond donors (Lipinski definition) is 0. The minimum absolute atomic E-state index is 0.250.